The highest BCUT2D eigenvalue weighted by Crippen LogP contribution is 2.37. The molecule has 0 fully saturated rings. The highest BCUT2D eigenvalue weighted by atomic mass is 16.5. The van der Waals surface area contributed by atoms with Crippen molar-refractivity contribution in [1.82, 2.24) is 0 Å². The Labute approximate surface area is 104 Å². The van der Waals surface area contributed by atoms with Crippen molar-refractivity contribution in [3.8, 4) is 5.75 Å². The van der Waals surface area contributed by atoms with E-state index in [1.807, 2.05) is 19.1 Å². The van der Waals surface area contributed by atoms with Crippen LogP contribution in [0.15, 0.2) is 18.2 Å². The summed E-state index contributed by atoms with van der Waals surface area (Å²) >= 11 is 0. The van der Waals surface area contributed by atoms with Crippen LogP contribution < -0.4 is 15.4 Å². The van der Waals surface area contributed by atoms with Crippen LogP contribution >= 0.6 is 0 Å². The maximum absolute atomic E-state index is 5.66. The number of hydrogen-bond acceptors (Lipinski definition) is 3. The molecule has 1 aromatic carbocycles. The Morgan fingerprint density at radius 2 is 2.00 bits per heavy atom. The number of anilines is 2. The summed E-state index contributed by atoms with van der Waals surface area (Å²) in [5.74, 6) is 0.942. The molecule has 1 unspecified atom stereocenters. The molecule has 2 N–H and O–H groups in total. The van der Waals surface area contributed by atoms with Gasteiger partial charge in [-0.05, 0) is 25.5 Å². The lowest BCUT2D eigenvalue weighted by Gasteiger charge is -2.26. The summed E-state index contributed by atoms with van der Waals surface area (Å²) in [5.41, 5.74) is 2.54. The Kier molecular flexibility index (Phi) is 3.46. The average molecular weight is 234 g/mol. The third kappa shape index (κ3) is 2.48. The second-order valence-corrected chi connectivity index (χ2v) is 4.98. The fraction of sp³-hybridized carbons (Fsp3) is 0.571. The predicted octanol–water partition coefficient (Wildman–Crippen LogP) is 3.34. The Morgan fingerprint density at radius 1 is 1.24 bits per heavy atom. The molecule has 3 heteroatoms. The molecule has 0 radical (unpaired) electrons. The van der Waals surface area contributed by atoms with Gasteiger partial charge in [0.1, 0.15) is 11.4 Å². The quantitative estimate of drug-likeness (QED) is 0.841. The van der Waals surface area contributed by atoms with Crippen LogP contribution in [-0.4, -0.2) is 19.7 Å². The third-order valence-corrected chi connectivity index (χ3v) is 3.58. The van der Waals surface area contributed by atoms with Gasteiger partial charge in [-0.2, -0.15) is 0 Å². The highest BCUT2D eigenvalue weighted by molar-refractivity contribution is 5.76. The van der Waals surface area contributed by atoms with E-state index in [0.29, 0.717) is 12.0 Å². The first-order chi connectivity index (χ1) is 8.18. The molecule has 0 amide bonds. The molecule has 0 spiro atoms. The van der Waals surface area contributed by atoms with Crippen LogP contribution in [0.2, 0.25) is 0 Å². The van der Waals surface area contributed by atoms with Gasteiger partial charge in [0.15, 0.2) is 0 Å². The van der Waals surface area contributed by atoms with Crippen LogP contribution in [-0.2, 0) is 0 Å². The van der Waals surface area contributed by atoms with Crippen LogP contribution in [0.3, 0.4) is 0 Å². The van der Waals surface area contributed by atoms with E-state index in [9.17, 15) is 0 Å². The van der Waals surface area contributed by atoms with Crippen LogP contribution in [0.4, 0.5) is 11.4 Å². The fourth-order valence-electron chi connectivity index (χ4n) is 2.06. The van der Waals surface area contributed by atoms with Crippen LogP contribution in [0, 0.1) is 5.41 Å². The molecule has 0 aromatic heterocycles. The molecule has 17 heavy (non-hydrogen) atoms. The molecular formula is C14H22N2O. The van der Waals surface area contributed by atoms with Crippen LogP contribution in [0.25, 0.3) is 0 Å². The van der Waals surface area contributed by atoms with E-state index in [-0.39, 0.29) is 0 Å². The van der Waals surface area contributed by atoms with Gasteiger partial charge >= 0.3 is 0 Å². The van der Waals surface area contributed by atoms with Crippen molar-refractivity contribution in [2.24, 2.45) is 5.41 Å². The normalized spacial score (nSPS) is 23.0. The first kappa shape index (κ1) is 12.1. The molecule has 94 valence electrons. The molecule has 3 nitrogen and oxygen atoms in total. The number of hydrogen-bond donors (Lipinski definition) is 2. The van der Waals surface area contributed by atoms with E-state index in [1.54, 1.807) is 0 Å². The number of rotatable bonds is 3. The van der Waals surface area contributed by atoms with Crippen molar-refractivity contribution >= 4 is 11.4 Å². The number of ether oxygens (including phenoxy) is 1. The largest absolute Gasteiger partial charge is 0.492 e. The van der Waals surface area contributed by atoms with E-state index in [0.717, 1.165) is 36.6 Å². The Morgan fingerprint density at radius 3 is 2.71 bits per heavy atom. The second kappa shape index (κ2) is 4.86. The van der Waals surface area contributed by atoms with Crippen molar-refractivity contribution < 1.29 is 4.74 Å². The molecule has 1 atom stereocenters. The lowest BCUT2D eigenvalue weighted by atomic mass is 9.88. The van der Waals surface area contributed by atoms with E-state index < -0.39 is 0 Å². The van der Waals surface area contributed by atoms with Crippen molar-refractivity contribution in [3.63, 3.8) is 0 Å². The predicted molar refractivity (Wildman–Crippen MR) is 73.0 cm³/mol. The zero-order valence-corrected chi connectivity index (χ0v) is 11.0. The lowest BCUT2D eigenvalue weighted by Crippen LogP contribution is -2.30. The minimum absolute atomic E-state index is 0.294. The SMILES string of the molecule is CCOc1cccc2c1NCC(C)(CC)CN2. The second-order valence-electron chi connectivity index (χ2n) is 4.98. The Bertz CT molecular complexity index is 392. The fourth-order valence-corrected chi connectivity index (χ4v) is 2.06. The monoisotopic (exact) mass is 234 g/mol. The first-order valence-corrected chi connectivity index (χ1v) is 6.42. The maximum atomic E-state index is 5.66. The summed E-state index contributed by atoms with van der Waals surface area (Å²) < 4.78 is 5.66. The number of benzene rings is 1. The minimum Gasteiger partial charge on any atom is -0.492 e. The minimum atomic E-state index is 0.294. The molecule has 1 heterocycles. The zero-order chi connectivity index (χ0) is 12.3. The van der Waals surface area contributed by atoms with E-state index in [4.69, 9.17) is 4.74 Å². The van der Waals surface area contributed by atoms with Crippen LogP contribution in [0.1, 0.15) is 27.2 Å². The molecule has 0 bridgehead atoms. The molecule has 1 aliphatic rings. The van der Waals surface area contributed by atoms with Crippen molar-refractivity contribution in [2.45, 2.75) is 27.2 Å². The van der Waals surface area contributed by atoms with Crippen LogP contribution in [0.5, 0.6) is 5.75 Å². The van der Waals surface area contributed by atoms with Gasteiger partial charge < -0.3 is 15.4 Å². The number of fused-ring (bicyclic) bond motifs is 1. The van der Waals surface area contributed by atoms with Gasteiger partial charge in [-0.3, -0.25) is 0 Å². The van der Waals surface area contributed by atoms with Gasteiger partial charge in [0, 0.05) is 18.5 Å². The molecular weight excluding hydrogens is 212 g/mol. The van der Waals surface area contributed by atoms with Gasteiger partial charge in [-0.1, -0.05) is 19.9 Å². The summed E-state index contributed by atoms with van der Waals surface area (Å²) in [6.45, 7) is 9.23. The van der Waals surface area contributed by atoms with E-state index in [1.165, 1.54) is 0 Å². The first-order valence-electron chi connectivity index (χ1n) is 6.42. The van der Waals surface area contributed by atoms with Crippen molar-refractivity contribution in [3.05, 3.63) is 18.2 Å². The molecule has 0 saturated heterocycles. The summed E-state index contributed by atoms with van der Waals surface area (Å²) in [7, 11) is 0. The third-order valence-electron chi connectivity index (χ3n) is 3.58. The lowest BCUT2D eigenvalue weighted by molar-refractivity contribution is 0.340. The molecule has 1 aromatic rings. The summed E-state index contributed by atoms with van der Waals surface area (Å²) in [4.78, 5) is 0. The summed E-state index contributed by atoms with van der Waals surface area (Å²) in [5, 5.41) is 7.06. The summed E-state index contributed by atoms with van der Waals surface area (Å²) in [6, 6.07) is 6.16. The van der Waals surface area contributed by atoms with Gasteiger partial charge in [0.25, 0.3) is 0 Å². The smallest absolute Gasteiger partial charge is 0.144 e. The van der Waals surface area contributed by atoms with Gasteiger partial charge in [-0.25, -0.2) is 0 Å². The zero-order valence-electron chi connectivity index (χ0n) is 11.0. The van der Waals surface area contributed by atoms with Gasteiger partial charge in [-0.15, -0.1) is 0 Å². The highest BCUT2D eigenvalue weighted by Gasteiger charge is 2.26. The van der Waals surface area contributed by atoms with E-state index >= 15 is 0 Å². The molecule has 1 aliphatic heterocycles. The van der Waals surface area contributed by atoms with Gasteiger partial charge in [0.2, 0.25) is 0 Å². The van der Waals surface area contributed by atoms with Crippen molar-refractivity contribution in [1.29, 1.82) is 0 Å². The maximum Gasteiger partial charge on any atom is 0.144 e. The molecule has 0 saturated carbocycles. The van der Waals surface area contributed by atoms with Gasteiger partial charge in [0.05, 0.1) is 12.3 Å². The standard InChI is InChI=1S/C14H22N2O/c1-4-14(3)9-15-11-7-6-8-12(17-5-2)13(11)16-10-14/h6-8,15-16H,4-5,9-10H2,1-3H3. The average Bonchev–Trinajstić information content (AvgIpc) is 2.52. The molecule has 2 rings (SSSR count). The Hall–Kier alpha value is -1.38. The van der Waals surface area contributed by atoms with Crippen molar-refractivity contribution in [2.75, 3.05) is 30.3 Å². The number of nitrogens with one attached hydrogen (secondary N) is 2. The number of para-hydroxylation sites is 1. The molecule has 0 aliphatic carbocycles. The Balaban J connectivity index is 2.27. The van der Waals surface area contributed by atoms with E-state index in [2.05, 4.69) is 30.5 Å². The topological polar surface area (TPSA) is 33.3 Å². The summed E-state index contributed by atoms with van der Waals surface area (Å²) in [6.07, 6.45) is 1.16.